The number of amides is 1. The predicted molar refractivity (Wildman–Crippen MR) is 77.8 cm³/mol. The zero-order valence-electron chi connectivity index (χ0n) is 11.1. The van der Waals surface area contributed by atoms with Crippen LogP contribution in [0.2, 0.25) is 0 Å². The summed E-state index contributed by atoms with van der Waals surface area (Å²) in [6.07, 6.45) is 1.93. The molecule has 0 unspecified atom stereocenters. The lowest BCUT2D eigenvalue weighted by Crippen LogP contribution is -2.12. The lowest BCUT2D eigenvalue weighted by Gasteiger charge is -2.04. The second-order valence-corrected chi connectivity index (χ2v) is 4.94. The number of aryl methyl sites for hydroxylation is 1. The molecule has 1 aromatic heterocycles. The van der Waals surface area contributed by atoms with Gasteiger partial charge in [0.1, 0.15) is 5.75 Å². The van der Waals surface area contributed by atoms with Crippen LogP contribution in [0, 0.1) is 6.92 Å². The van der Waals surface area contributed by atoms with Crippen molar-refractivity contribution in [2.45, 2.75) is 11.8 Å². The molecule has 0 fully saturated rings. The molecule has 0 bridgehead atoms. The average molecular weight is 276 g/mol. The van der Waals surface area contributed by atoms with Gasteiger partial charge in [0, 0.05) is 10.6 Å². The van der Waals surface area contributed by atoms with Crippen LogP contribution < -0.4 is 10.5 Å². The molecule has 0 radical (unpaired) electrons. The highest BCUT2D eigenvalue weighted by Gasteiger charge is 2.19. The maximum Gasteiger partial charge on any atom is 0.251 e. The van der Waals surface area contributed by atoms with Crippen molar-refractivity contribution in [3.05, 3.63) is 35.5 Å². The predicted octanol–water partition coefficient (Wildman–Crippen LogP) is 2.82. The number of aromatic amines is 1. The van der Waals surface area contributed by atoms with Crippen molar-refractivity contribution < 1.29 is 9.53 Å². The molecular weight excluding hydrogens is 260 g/mol. The Bertz CT molecular complexity index is 603. The minimum absolute atomic E-state index is 0.405. The van der Waals surface area contributed by atoms with E-state index in [0.717, 1.165) is 27.6 Å². The summed E-state index contributed by atoms with van der Waals surface area (Å²) in [5.41, 5.74) is 8.72. The molecule has 0 saturated heterocycles. The van der Waals surface area contributed by atoms with Gasteiger partial charge in [-0.3, -0.25) is 4.79 Å². The van der Waals surface area contributed by atoms with Crippen molar-refractivity contribution >= 4 is 17.7 Å². The number of hydrogen-bond donors (Lipinski definition) is 2. The molecule has 100 valence electrons. The van der Waals surface area contributed by atoms with Gasteiger partial charge in [-0.1, -0.05) is 0 Å². The van der Waals surface area contributed by atoms with Gasteiger partial charge in [0.2, 0.25) is 0 Å². The topological polar surface area (TPSA) is 68.1 Å². The normalized spacial score (nSPS) is 10.5. The maximum absolute atomic E-state index is 11.5. The minimum atomic E-state index is -0.405. The number of thioether (sulfide) groups is 1. The highest BCUT2D eigenvalue weighted by Crippen LogP contribution is 2.35. The molecule has 1 heterocycles. The molecule has 0 aliphatic rings. The number of nitrogens with one attached hydrogen (secondary N) is 1. The minimum Gasteiger partial charge on any atom is -0.497 e. The zero-order valence-corrected chi connectivity index (χ0v) is 11.9. The van der Waals surface area contributed by atoms with Crippen molar-refractivity contribution in [2.24, 2.45) is 5.73 Å². The standard InChI is InChI=1S/C14H16N2O2S/c1-8-11(14(15)17)13(19-3)12(16-8)9-4-6-10(18-2)7-5-9/h4-7,16H,1-3H3,(H2,15,17). The van der Waals surface area contributed by atoms with Gasteiger partial charge in [0.05, 0.1) is 18.4 Å². The van der Waals surface area contributed by atoms with Crippen LogP contribution in [-0.2, 0) is 0 Å². The molecule has 0 aliphatic heterocycles. The Kier molecular flexibility index (Phi) is 3.85. The van der Waals surface area contributed by atoms with Gasteiger partial charge >= 0.3 is 0 Å². The van der Waals surface area contributed by atoms with Gasteiger partial charge in [0.25, 0.3) is 5.91 Å². The maximum atomic E-state index is 11.5. The summed E-state index contributed by atoms with van der Waals surface area (Å²) < 4.78 is 5.14. The van der Waals surface area contributed by atoms with Gasteiger partial charge in [-0.25, -0.2) is 0 Å². The lowest BCUT2D eigenvalue weighted by atomic mass is 10.1. The van der Waals surface area contributed by atoms with Crippen molar-refractivity contribution in [1.82, 2.24) is 4.98 Å². The van der Waals surface area contributed by atoms with E-state index >= 15 is 0 Å². The molecule has 0 aliphatic carbocycles. The fourth-order valence-electron chi connectivity index (χ4n) is 2.06. The van der Waals surface area contributed by atoms with E-state index < -0.39 is 5.91 Å². The van der Waals surface area contributed by atoms with E-state index in [1.807, 2.05) is 37.4 Å². The van der Waals surface area contributed by atoms with Gasteiger partial charge in [-0.05, 0) is 43.0 Å². The first-order valence-electron chi connectivity index (χ1n) is 5.79. The number of aromatic nitrogens is 1. The van der Waals surface area contributed by atoms with Crippen LogP contribution in [0.3, 0.4) is 0 Å². The highest BCUT2D eigenvalue weighted by molar-refractivity contribution is 7.98. The second kappa shape index (κ2) is 5.40. The van der Waals surface area contributed by atoms with Crippen LogP contribution in [0.4, 0.5) is 0 Å². The number of rotatable bonds is 4. The molecule has 2 aromatic rings. The van der Waals surface area contributed by atoms with E-state index in [4.69, 9.17) is 10.5 Å². The third-order valence-electron chi connectivity index (χ3n) is 2.97. The first-order valence-corrected chi connectivity index (χ1v) is 7.01. The van der Waals surface area contributed by atoms with Crippen molar-refractivity contribution in [3.8, 4) is 17.0 Å². The molecule has 5 heteroatoms. The average Bonchev–Trinajstić information content (AvgIpc) is 2.75. The fourth-order valence-corrected chi connectivity index (χ4v) is 2.89. The van der Waals surface area contributed by atoms with E-state index in [9.17, 15) is 4.79 Å². The molecule has 0 spiro atoms. The van der Waals surface area contributed by atoms with Crippen LogP contribution in [0.1, 0.15) is 16.1 Å². The molecule has 4 nitrogen and oxygen atoms in total. The molecule has 0 saturated carbocycles. The first-order chi connectivity index (χ1) is 9.08. The van der Waals surface area contributed by atoms with Gasteiger partial charge in [-0.15, -0.1) is 11.8 Å². The van der Waals surface area contributed by atoms with E-state index in [-0.39, 0.29) is 0 Å². The summed E-state index contributed by atoms with van der Waals surface area (Å²) >= 11 is 1.51. The van der Waals surface area contributed by atoms with E-state index in [0.29, 0.717) is 5.56 Å². The monoisotopic (exact) mass is 276 g/mol. The third kappa shape index (κ3) is 2.46. The molecular formula is C14H16N2O2S. The van der Waals surface area contributed by atoms with Crippen molar-refractivity contribution in [2.75, 3.05) is 13.4 Å². The van der Waals surface area contributed by atoms with E-state index in [2.05, 4.69) is 4.98 Å². The van der Waals surface area contributed by atoms with Crippen LogP contribution in [0.15, 0.2) is 29.2 Å². The Morgan fingerprint density at radius 2 is 1.95 bits per heavy atom. The number of carbonyl (C=O) groups is 1. The van der Waals surface area contributed by atoms with Crippen LogP contribution in [0.5, 0.6) is 5.75 Å². The van der Waals surface area contributed by atoms with Crippen LogP contribution in [0.25, 0.3) is 11.3 Å². The fraction of sp³-hybridized carbons (Fsp3) is 0.214. The summed E-state index contributed by atoms with van der Waals surface area (Å²) in [5.74, 6) is 0.394. The molecule has 19 heavy (non-hydrogen) atoms. The number of carbonyl (C=O) groups excluding carboxylic acids is 1. The quantitative estimate of drug-likeness (QED) is 0.844. The van der Waals surface area contributed by atoms with Crippen molar-refractivity contribution in [1.29, 1.82) is 0 Å². The number of primary amides is 1. The summed E-state index contributed by atoms with van der Waals surface area (Å²) in [7, 11) is 1.63. The largest absolute Gasteiger partial charge is 0.497 e. The van der Waals surface area contributed by atoms with Gasteiger partial charge in [-0.2, -0.15) is 0 Å². The summed E-state index contributed by atoms with van der Waals surface area (Å²) in [4.78, 5) is 15.6. The Hall–Kier alpha value is -1.88. The smallest absolute Gasteiger partial charge is 0.251 e. The SMILES string of the molecule is COc1ccc(-c2[nH]c(C)c(C(N)=O)c2SC)cc1. The number of nitrogens with two attached hydrogens (primary N) is 1. The molecule has 1 amide bonds. The highest BCUT2D eigenvalue weighted by atomic mass is 32.2. The lowest BCUT2D eigenvalue weighted by molar-refractivity contribution is 0.0997. The number of ether oxygens (including phenoxy) is 1. The number of benzene rings is 1. The van der Waals surface area contributed by atoms with E-state index in [1.54, 1.807) is 7.11 Å². The number of hydrogen-bond acceptors (Lipinski definition) is 3. The Morgan fingerprint density at radius 3 is 2.42 bits per heavy atom. The molecule has 1 aromatic carbocycles. The number of H-pyrrole nitrogens is 1. The molecule has 0 atom stereocenters. The van der Waals surface area contributed by atoms with Crippen LogP contribution >= 0.6 is 11.8 Å². The first kappa shape index (κ1) is 13.5. The van der Waals surface area contributed by atoms with Gasteiger partial charge in [0.15, 0.2) is 0 Å². The number of methoxy groups -OCH3 is 1. The van der Waals surface area contributed by atoms with E-state index in [1.165, 1.54) is 11.8 Å². The molecule has 3 N–H and O–H groups in total. The summed E-state index contributed by atoms with van der Waals surface area (Å²) in [6, 6.07) is 7.68. The second-order valence-electron chi connectivity index (χ2n) is 4.13. The molecule has 2 rings (SSSR count). The zero-order chi connectivity index (χ0) is 14.0. The Labute approximate surface area is 116 Å². The van der Waals surface area contributed by atoms with Gasteiger partial charge < -0.3 is 15.5 Å². The van der Waals surface area contributed by atoms with Crippen LogP contribution in [-0.4, -0.2) is 24.3 Å². The van der Waals surface area contributed by atoms with Crippen molar-refractivity contribution in [3.63, 3.8) is 0 Å². The third-order valence-corrected chi connectivity index (χ3v) is 3.79. The summed E-state index contributed by atoms with van der Waals surface area (Å²) in [6.45, 7) is 1.85. The Morgan fingerprint density at radius 1 is 1.32 bits per heavy atom. The summed E-state index contributed by atoms with van der Waals surface area (Å²) in [5, 5.41) is 0. The Balaban J connectivity index is 2.55.